The fourth-order valence-corrected chi connectivity index (χ4v) is 0.574. The van der Waals surface area contributed by atoms with Gasteiger partial charge in [-0.1, -0.05) is 0 Å². The van der Waals surface area contributed by atoms with Crippen molar-refractivity contribution in [1.29, 1.82) is 0 Å². The van der Waals surface area contributed by atoms with E-state index in [2.05, 4.69) is 5.10 Å². The molecule has 0 aliphatic carbocycles. The first-order chi connectivity index (χ1) is 4.20. The molecule has 1 rings (SSSR count). The largest absolute Gasteiger partial charge is 0.593 e. The van der Waals surface area contributed by atoms with Crippen LogP contribution < -0.4 is 10.6 Å². The Bertz CT molecular complexity index is 227. The maximum absolute atomic E-state index is 10.4. The van der Waals surface area contributed by atoms with Crippen LogP contribution in [0.25, 0.3) is 0 Å². The minimum absolute atomic E-state index is 0.0185. The zero-order chi connectivity index (χ0) is 6.85. The number of anilines is 1. The molecule has 9 heavy (non-hydrogen) atoms. The van der Waals surface area contributed by atoms with Crippen molar-refractivity contribution in [3.8, 4) is 0 Å². The van der Waals surface area contributed by atoms with Gasteiger partial charge >= 0.3 is 5.15 Å². The van der Waals surface area contributed by atoms with Gasteiger partial charge in [-0.2, -0.15) is 0 Å². The molecule has 0 radical (unpaired) electrons. The highest BCUT2D eigenvalue weighted by molar-refractivity contribution is 6.28. The van der Waals surface area contributed by atoms with Crippen LogP contribution in [0.4, 0.5) is 5.69 Å². The zero-order valence-corrected chi connectivity index (χ0v) is 5.17. The summed E-state index contributed by atoms with van der Waals surface area (Å²) in [6.07, 6.45) is 1.24. The summed E-state index contributed by atoms with van der Waals surface area (Å²) in [6, 6.07) is 1.33. The Kier molecular flexibility index (Phi) is 1.40. The van der Waals surface area contributed by atoms with Gasteiger partial charge in [0.15, 0.2) is 0 Å². The number of halogens is 1. The summed E-state index contributed by atoms with van der Waals surface area (Å²) in [4.78, 5) is 0.290. The van der Waals surface area contributed by atoms with Gasteiger partial charge in [0.1, 0.15) is 6.20 Å². The monoisotopic (exact) mass is 145 g/mol. The quantitative estimate of drug-likeness (QED) is 0.411. The molecule has 1 aromatic heterocycles. The molecule has 0 fully saturated rings. The standard InChI is InChI=1S/C4H4ClN3O/c5-4-1-3(6)2-7-8(4)9/h1-2H,6H2. The van der Waals surface area contributed by atoms with Crippen LogP contribution in [0.1, 0.15) is 0 Å². The van der Waals surface area contributed by atoms with Crippen LogP contribution in [0.2, 0.25) is 5.15 Å². The first kappa shape index (κ1) is 6.10. The first-order valence-corrected chi connectivity index (χ1v) is 2.59. The van der Waals surface area contributed by atoms with Crippen LogP contribution in [0, 0.1) is 5.21 Å². The summed E-state index contributed by atoms with van der Waals surface area (Å²) in [7, 11) is 0. The fraction of sp³-hybridized carbons (Fsp3) is 0. The summed E-state index contributed by atoms with van der Waals surface area (Å²) in [5, 5.41) is 13.7. The van der Waals surface area contributed by atoms with E-state index in [1.165, 1.54) is 12.3 Å². The number of nitrogen functional groups attached to an aromatic ring is 1. The van der Waals surface area contributed by atoms with Crippen molar-refractivity contribution < 1.29 is 4.85 Å². The van der Waals surface area contributed by atoms with Crippen LogP contribution in [-0.2, 0) is 0 Å². The zero-order valence-electron chi connectivity index (χ0n) is 4.41. The summed E-state index contributed by atoms with van der Waals surface area (Å²) < 4.78 is 0. The molecule has 0 saturated heterocycles. The first-order valence-electron chi connectivity index (χ1n) is 2.21. The molecule has 48 valence electrons. The van der Waals surface area contributed by atoms with Gasteiger partial charge in [0, 0.05) is 5.10 Å². The summed E-state index contributed by atoms with van der Waals surface area (Å²) in [5.41, 5.74) is 5.61. The Hall–Kier alpha value is -1.03. The van der Waals surface area contributed by atoms with Crippen molar-refractivity contribution in [3.63, 3.8) is 0 Å². The molecule has 0 aliphatic heterocycles. The van der Waals surface area contributed by atoms with Gasteiger partial charge in [-0.05, 0) is 16.4 Å². The van der Waals surface area contributed by atoms with E-state index in [0.29, 0.717) is 5.69 Å². The normalized spacial score (nSPS) is 9.44. The molecule has 0 saturated carbocycles. The molecule has 1 aromatic rings. The van der Waals surface area contributed by atoms with Gasteiger partial charge in [-0.15, -0.1) is 0 Å². The highest BCUT2D eigenvalue weighted by Crippen LogP contribution is 2.03. The SMILES string of the molecule is Nc1cn[n+]([O-])c(Cl)c1. The summed E-state index contributed by atoms with van der Waals surface area (Å²) in [5.74, 6) is 0. The molecule has 2 N–H and O–H groups in total. The lowest BCUT2D eigenvalue weighted by atomic mass is 10.5. The van der Waals surface area contributed by atoms with E-state index in [4.69, 9.17) is 17.3 Å². The lowest BCUT2D eigenvalue weighted by Crippen LogP contribution is -2.31. The number of rotatable bonds is 0. The average molecular weight is 146 g/mol. The van der Waals surface area contributed by atoms with Gasteiger partial charge in [0.2, 0.25) is 0 Å². The van der Waals surface area contributed by atoms with E-state index in [1.54, 1.807) is 0 Å². The van der Waals surface area contributed by atoms with Crippen LogP contribution in [0.3, 0.4) is 0 Å². The van der Waals surface area contributed by atoms with Crippen molar-refractivity contribution in [2.45, 2.75) is 0 Å². The second-order valence-electron chi connectivity index (χ2n) is 1.48. The highest BCUT2D eigenvalue weighted by Gasteiger charge is 2.00. The molecule has 0 aliphatic rings. The molecule has 0 amide bonds. The van der Waals surface area contributed by atoms with Gasteiger partial charge in [-0.3, -0.25) is 0 Å². The van der Waals surface area contributed by atoms with Gasteiger partial charge in [0.05, 0.1) is 11.8 Å². The van der Waals surface area contributed by atoms with E-state index < -0.39 is 0 Å². The molecular weight excluding hydrogens is 142 g/mol. The Labute approximate surface area is 56.4 Å². The third-order valence-corrected chi connectivity index (χ3v) is 1.03. The number of nitrogens with two attached hydrogens (primary N) is 1. The minimum atomic E-state index is -0.0185. The van der Waals surface area contributed by atoms with Crippen molar-refractivity contribution in [2.24, 2.45) is 0 Å². The van der Waals surface area contributed by atoms with Gasteiger partial charge in [-0.25, -0.2) is 0 Å². The molecule has 0 spiro atoms. The Balaban J connectivity index is 3.17. The Morgan fingerprint density at radius 1 is 1.78 bits per heavy atom. The predicted molar refractivity (Wildman–Crippen MR) is 32.6 cm³/mol. The van der Waals surface area contributed by atoms with Crippen LogP contribution in [0.15, 0.2) is 12.3 Å². The maximum atomic E-state index is 10.4. The molecule has 0 aromatic carbocycles. The predicted octanol–water partition coefficient (Wildman–Crippen LogP) is -0.0494. The van der Waals surface area contributed by atoms with E-state index in [9.17, 15) is 5.21 Å². The highest BCUT2D eigenvalue weighted by atomic mass is 35.5. The maximum Gasteiger partial charge on any atom is 0.315 e. The number of aromatic nitrogens is 2. The number of nitrogens with zero attached hydrogens (tertiary/aromatic N) is 2. The fourth-order valence-electron chi connectivity index (χ4n) is 0.404. The molecule has 4 nitrogen and oxygen atoms in total. The molecular formula is C4H4ClN3O. The van der Waals surface area contributed by atoms with Crippen LogP contribution in [-0.4, -0.2) is 5.10 Å². The van der Waals surface area contributed by atoms with Crippen molar-refractivity contribution in [1.82, 2.24) is 5.10 Å². The second-order valence-corrected chi connectivity index (χ2v) is 1.87. The second kappa shape index (κ2) is 2.06. The van der Waals surface area contributed by atoms with E-state index >= 15 is 0 Å². The molecule has 0 bridgehead atoms. The van der Waals surface area contributed by atoms with E-state index in [1.807, 2.05) is 0 Å². The lowest BCUT2D eigenvalue weighted by Gasteiger charge is -1.93. The lowest BCUT2D eigenvalue weighted by molar-refractivity contribution is -0.666. The minimum Gasteiger partial charge on any atom is -0.593 e. The Morgan fingerprint density at radius 3 is 2.89 bits per heavy atom. The van der Waals surface area contributed by atoms with Gasteiger partial charge in [0.25, 0.3) is 0 Å². The summed E-state index contributed by atoms with van der Waals surface area (Å²) in [6.45, 7) is 0. The molecule has 0 atom stereocenters. The molecule has 5 heteroatoms. The smallest absolute Gasteiger partial charge is 0.315 e. The number of hydrogen-bond donors (Lipinski definition) is 1. The molecule has 1 heterocycles. The van der Waals surface area contributed by atoms with Crippen molar-refractivity contribution in [2.75, 3.05) is 5.73 Å². The number of hydrogen-bond acceptors (Lipinski definition) is 3. The van der Waals surface area contributed by atoms with E-state index in [0.717, 1.165) is 0 Å². The topological polar surface area (TPSA) is 65.8 Å². The van der Waals surface area contributed by atoms with Crippen LogP contribution >= 0.6 is 11.6 Å². The third-order valence-electron chi connectivity index (χ3n) is 0.780. The van der Waals surface area contributed by atoms with Crippen molar-refractivity contribution >= 4 is 17.3 Å². The molecule has 0 unspecified atom stereocenters. The average Bonchev–Trinajstić information content (AvgIpc) is 1.80. The van der Waals surface area contributed by atoms with Gasteiger partial charge < -0.3 is 10.9 Å². The summed E-state index contributed by atoms with van der Waals surface area (Å²) >= 11 is 5.32. The Morgan fingerprint density at radius 2 is 2.44 bits per heavy atom. The van der Waals surface area contributed by atoms with Crippen molar-refractivity contribution in [3.05, 3.63) is 22.6 Å². The van der Waals surface area contributed by atoms with E-state index in [-0.39, 0.29) is 10.00 Å². The van der Waals surface area contributed by atoms with Crippen LogP contribution in [0.5, 0.6) is 0 Å². The third kappa shape index (κ3) is 1.20.